The molecule has 0 spiro atoms. The van der Waals surface area contributed by atoms with Gasteiger partial charge in [-0.2, -0.15) is 10.2 Å². The maximum absolute atomic E-state index is 12.5. The Morgan fingerprint density at radius 1 is 1.05 bits per heavy atom. The number of benzene rings is 3. The van der Waals surface area contributed by atoms with Gasteiger partial charge in [-0.05, 0) is 71.7 Å². The van der Waals surface area contributed by atoms with Gasteiger partial charge in [-0.25, -0.2) is 0 Å². The van der Waals surface area contributed by atoms with E-state index in [1.54, 1.807) is 17.9 Å². The normalized spacial score (nSPS) is 12.1. The van der Waals surface area contributed by atoms with E-state index in [9.17, 15) is 13.2 Å². The molecule has 0 unspecified atom stereocenters. The standard InChI is InChI=1S/C28H28F3N7O2S/c1-17(2)21-7-5-6-8-23(21)34-27(41)35-32-16-18-9-14-22-24(15-18)38(3)36-25(22)26(37-39-4)33-19-10-12-20(13-11-19)40-28(29,30)31/h5-17H,1-4H3,(H,33,37)(H2,34,35,41). The summed E-state index contributed by atoms with van der Waals surface area (Å²) in [5, 5.41) is 20.2. The Morgan fingerprint density at radius 2 is 1.78 bits per heavy atom. The van der Waals surface area contributed by atoms with Crippen LogP contribution in [0.4, 0.5) is 24.5 Å². The van der Waals surface area contributed by atoms with Crippen LogP contribution in [0.3, 0.4) is 0 Å². The Morgan fingerprint density at radius 3 is 2.46 bits per heavy atom. The summed E-state index contributed by atoms with van der Waals surface area (Å²) >= 11 is 5.40. The number of thiocarbonyl (C=S) groups is 1. The molecule has 0 saturated heterocycles. The van der Waals surface area contributed by atoms with Crippen molar-refractivity contribution < 1.29 is 22.7 Å². The smallest absolute Gasteiger partial charge is 0.406 e. The number of alkyl halides is 3. The minimum absolute atomic E-state index is 0.267. The third-order valence-corrected chi connectivity index (χ3v) is 6.04. The fraction of sp³-hybridized carbons (Fsp3) is 0.214. The van der Waals surface area contributed by atoms with Gasteiger partial charge in [0.1, 0.15) is 18.6 Å². The largest absolute Gasteiger partial charge is 0.573 e. The lowest BCUT2D eigenvalue weighted by molar-refractivity contribution is -0.274. The zero-order chi connectivity index (χ0) is 29.6. The molecular weight excluding hydrogens is 555 g/mol. The molecule has 0 amide bonds. The molecule has 214 valence electrons. The van der Waals surface area contributed by atoms with E-state index in [2.05, 4.69) is 56.1 Å². The Bertz CT molecular complexity index is 1580. The van der Waals surface area contributed by atoms with Crippen molar-refractivity contribution in [3.63, 3.8) is 0 Å². The maximum Gasteiger partial charge on any atom is 0.573 e. The number of hydrogen-bond donors (Lipinski definition) is 3. The summed E-state index contributed by atoms with van der Waals surface area (Å²) in [6, 6.07) is 18.8. The van der Waals surface area contributed by atoms with Crippen LogP contribution < -0.4 is 20.8 Å². The van der Waals surface area contributed by atoms with Crippen LogP contribution in [0.5, 0.6) is 5.75 Å². The van der Waals surface area contributed by atoms with Gasteiger partial charge in [-0.3, -0.25) is 10.1 Å². The number of hydrazone groups is 1. The van der Waals surface area contributed by atoms with Crippen LogP contribution in [0.25, 0.3) is 10.9 Å². The van der Waals surface area contributed by atoms with Gasteiger partial charge in [0.2, 0.25) is 0 Å². The summed E-state index contributed by atoms with van der Waals surface area (Å²) in [5.41, 5.74) is 7.44. The van der Waals surface area contributed by atoms with Crippen molar-refractivity contribution >= 4 is 51.7 Å². The number of nitrogens with one attached hydrogen (secondary N) is 3. The van der Waals surface area contributed by atoms with Crippen LogP contribution in [0.2, 0.25) is 0 Å². The predicted molar refractivity (Wildman–Crippen MR) is 158 cm³/mol. The topological polar surface area (TPSA) is 97.1 Å². The Labute approximate surface area is 240 Å². The first-order chi connectivity index (χ1) is 19.5. The molecule has 0 fully saturated rings. The van der Waals surface area contributed by atoms with Crippen LogP contribution in [0, 0.1) is 0 Å². The van der Waals surface area contributed by atoms with Gasteiger partial charge in [-0.15, -0.1) is 13.2 Å². The Hall–Kier alpha value is -4.65. The number of para-hydroxylation sites is 1. The number of amidine groups is 1. The highest BCUT2D eigenvalue weighted by atomic mass is 32.1. The first kappa shape index (κ1) is 29.3. The summed E-state index contributed by atoms with van der Waals surface area (Å²) < 4.78 is 43.0. The SMILES string of the molecule is CO/N=C(/Nc1ccc(OC(F)(F)F)cc1)c1nn(C)c2cc(C=NNC(=S)Nc3ccccc3C(C)C)ccc12. The third-order valence-electron chi connectivity index (χ3n) is 5.84. The van der Waals surface area contributed by atoms with E-state index in [0.29, 0.717) is 22.4 Å². The molecule has 0 aliphatic heterocycles. The van der Waals surface area contributed by atoms with Crippen LogP contribution in [-0.2, 0) is 11.9 Å². The number of nitrogens with zero attached hydrogens (tertiary/aromatic N) is 4. The Kier molecular flexibility index (Phi) is 9.07. The van der Waals surface area contributed by atoms with Crippen LogP contribution in [-0.4, -0.2) is 40.4 Å². The summed E-state index contributed by atoms with van der Waals surface area (Å²) in [7, 11) is 3.17. The lowest BCUT2D eigenvalue weighted by atomic mass is 10.0. The Balaban J connectivity index is 1.48. The van der Waals surface area contributed by atoms with Crippen molar-refractivity contribution in [2.75, 3.05) is 17.7 Å². The minimum Gasteiger partial charge on any atom is -0.406 e. The van der Waals surface area contributed by atoms with E-state index in [1.807, 2.05) is 36.4 Å². The zero-order valence-corrected chi connectivity index (χ0v) is 23.5. The highest BCUT2D eigenvalue weighted by Gasteiger charge is 2.31. The summed E-state index contributed by atoms with van der Waals surface area (Å²) in [4.78, 5) is 5.00. The van der Waals surface area contributed by atoms with E-state index in [1.165, 1.54) is 31.4 Å². The van der Waals surface area contributed by atoms with Crippen molar-refractivity contribution in [1.29, 1.82) is 0 Å². The maximum atomic E-state index is 12.5. The molecule has 13 heteroatoms. The summed E-state index contributed by atoms with van der Waals surface area (Å²) in [6.45, 7) is 4.23. The summed E-state index contributed by atoms with van der Waals surface area (Å²) in [6.07, 6.45) is -3.13. The highest BCUT2D eigenvalue weighted by Crippen LogP contribution is 2.26. The molecule has 9 nitrogen and oxygen atoms in total. The second-order valence-electron chi connectivity index (χ2n) is 9.13. The number of hydrogen-bond acceptors (Lipinski definition) is 6. The number of ether oxygens (including phenoxy) is 1. The van der Waals surface area contributed by atoms with Crippen molar-refractivity contribution in [2.24, 2.45) is 17.3 Å². The second kappa shape index (κ2) is 12.7. The van der Waals surface area contributed by atoms with Crippen LogP contribution >= 0.6 is 12.2 Å². The molecule has 0 radical (unpaired) electrons. The number of rotatable bonds is 8. The van der Waals surface area contributed by atoms with Gasteiger partial charge in [0.15, 0.2) is 10.9 Å². The molecule has 41 heavy (non-hydrogen) atoms. The third kappa shape index (κ3) is 7.72. The first-order valence-electron chi connectivity index (χ1n) is 12.4. The van der Waals surface area contributed by atoms with Crippen LogP contribution in [0.15, 0.2) is 77.0 Å². The number of fused-ring (bicyclic) bond motifs is 1. The average molecular weight is 584 g/mol. The minimum atomic E-state index is -4.77. The average Bonchev–Trinajstić information content (AvgIpc) is 3.24. The van der Waals surface area contributed by atoms with Crippen molar-refractivity contribution in [3.8, 4) is 5.75 Å². The zero-order valence-electron chi connectivity index (χ0n) is 22.7. The number of halogens is 3. The fourth-order valence-electron chi connectivity index (χ4n) is 4.05. The second-order valence-corrected chi connectivity index (χ2v) is 9.54. The monoisotopic (exact) mass is 583 g/mol. The predicted octanol–water partition coefficient (Wildman–Crippen LogP) is 6.34. The van der Waals surface area contributed by atoms with Crippen molar-refractivity contribution in [3.05, 3.63) is 83.6 Å². The molecule has 4 aromatic rings. The van der Waals surface area contributed by atoms with E-state index in [0.717, 1.165) is 27.7 Å². The molecule has 0 bridgehead atoms. The molecule has 1 heterocycles. The van der Waals surface area contributed by atoms with E-state index >= 15 is 0 Å². The van der Waals surface area contributed by atoms with Gasteiger partial charge >= 0.3 is 6.36 Å². The molecule has 3 aromatic carbocycles. The van der Waals surface area contributed by atoms with E-state index in [4.69, 9.17) is 17.1 Å². The highest BCUT2D eigenvalue weighted by molar-refractivity contribution is 7.80. The van der Waals surface area contributed by atoms with Gasteiger partial charge in [0.25, 0.3) is 0 Å². The number of oxime groups is 1. The van der Waals surface area contributed by atoms with Gasteiger partial charge in [0, 0.05) is 23.8 Å². The summed E-state index contributed by atoms with van der Waals surface area (Å²) in [5.74, 6) is 0.268. The van der Waals surface area contributed by atoms with Crippen LogP contribution in [0.1, 0.15) is 36.6 Å². The van der Waals surface area contributed by atoms with Gasteiger partial charge in [-0.1, -0.05) is 43.3 Å². The molecule has 4 rings (SSSR count). The van der Waals surface area contributed by atoms with E-state index < -0.39 is 6.36 Å². The molecule has 0 atom stereocenters. The molecular formula is C28H28F3N7O2S. The first-order valence-corrected chi connectivity index (χ1v) is 12.8. The molecule has 1 aromatic heterocycles. The van der Waals surface area contributed by atoms with Gasteiger partial charge < -0.3 is 20.2 Å². The quantitative estimate of drug-likeness (QED) is 0.0965. The van der Waals surface area contributed by atoms with Gasteiger partial charge in [0.05, 0.1) is 11.7 Å². The molecule has 0 aliphatic rings. The van der Waals surface area contributed by atoms with Crippen molar-refractivity contribution in [2.45, 2.75) is 26.1 Å². The van der Waals surface area contributed by atoms with Crippen molar-refractivity contribution in [1.82, 2.24) is 15.2 Å². The number of aromatic nitrogens is 2. The number of anilines is 2. The van der Waals surface area contributed by atoms with E-state index in [-0.39, 0.29) is 11.6 Å². The molecule has 0 saturated carbocycles. The molecule has 3 N–H and O–H groups in total. The molecule has 0 aliphatic carbocycles. The number of aryl methyl sites for hydroxylation is 1. The fourth-order valence-corrected chi connectivity index (χ4v) is 4.22. The lowest BCUT2D eigenvalue weighted by Crippen LogP contribution is -2.24. The lowest BCUT2D eigenvalue weighted by Gasteiger charge is -2.14.